The summed E-state index contributed by atoms with van der Waals surface area (Å²) >= 11 is 0. The zero-order valence-electron chi connectivity index (χ0n) is 6.80. The Morgan fingerprint density at radius 3 is 2.50 bits per heavy atom. The SMILES string of the molecule is CCOC(=O)CNC(=O)CN.[Cl-]. The molecule has 0 saturated carbocycles. The molecule has 0 rings (SSSR count). The first-order valence-corrected chi connectivity index (χ1v) is 3.33. The van der Waals surface area contributed by atoms with Crippen LogP contribution in [-0.4, -0.2) is 31.6 Å². The maximum Gasteiger partial charge on any atom is 0.325 e. The van der Waals surface area contributed by atoms with Gasteiger partial charge in [0.1, 0.15) is 6.54 Å². The zero-order valence-corrected chi connectivity index (χ0v) is 7.56. The highest BCUT2D eigenvalue weighted by atomic mass is 35.5. The third-order valence-corrected chi connectivity index (χ3v) is 0.921. The van der Waals surface area contributed by atoms with Crippen molar-refractivity contribution in [2.75, 3.05) is 19.7 Å². The zero-order chi connectivity index (χ0) is 8.69. The van der Waals surface area contributed by atoms with Crippen LogP contribution in [0.5, 0.6) is 0 Å². The molecule has 0 unspecified atom stereocenters. The number of esters is 1. The van der Waals surface area contributed by atoms with Crippen molar-refractivity contribution < 1.29 is 26.7 Å². The van der Waals surface area contributed by atoms with Crippen LogP contribution in [0, 0.1) is 0 Å². The Kier molecular flexibility index (Phi) is 9.50. The summed E-state index contributed by atoms with van der Waals surface area (Å²) in [6, 6.07) is 0. The predicted octanol–water partition coefficient (Wildman–Crippen LogP) is -4.37. The molecular formula is C6H12ClN2O3-. The van der Waals surface area contributed by atoms with Gasteiger partial charge in [-0.3, -0.25) is 9.59 Å². The van der Waals surface area contributed by atoms with Crippen LogP contribution >= 0.6 is 0 Å². The number of nitrogens with two attached hydrogens (primary N) is 1. The Morgan fingerprint density at radius 1 is 1.50 bits per heavy atom. The first-order valence-electron chi connectivity index (χ1n) is 3.33. The van der Waals surface area contributed by atoms with Crippen molar-refractivity contribution in [1.82, 2.24) is 5.32 Å². The summed E-state index contributed by atoms with van der Waals surface area (Å²) in [7, 11) is 0. The number of ether oxygens (including phenoxy) is 1. The van der Waals surface area contributed by atoms with Crippen LogP contribution in [0.15, 0.2) is 0 Å². The molecule has 0 atom stereocenters. The molecule has 0 spiro atoms. The Bertz CT molecular complexity index is 152. The second-order valence-corrected chi connectivity index (χ2v) is 1.79. The molecule has 72 valence electrons. The molecule has 0 bridgehead atoms. The van der Waals surface area contributed by atoms with Crippen LogP contribution in [0.2, 0.25) is 0 Å². The van der Waals surface area contributed by atoms with E-state index in [2.05, 4.69) is 10.1 Å². The van der Waals surface area contributed by atoms with Gasteiger partial charge in [0.15, 0.2) is 0 Å². The fourth-order valence-electron chi connectivity index (χ4n) is 0.455. The maximum atomic E-state index is 10.6. The van der Waals surface area contributed by atoms with Crippen LogP contribution in [0.4, 0.5) is 0 Å². The lowest BCUT2D eigenvalue weighted by Crippen LogP contribution is -3.00. The highest BCUT2D eigenvalue weighted by Gasteiger charge is 2.02. The van der Waals surface area contributed by atoms with E-state index in [4.69, 9.17) is 5.73 Å². The second kappa shape index (κ2) is 8.29. The Labute approximate surface area is 77.0 Å². The van der Waals surface area contributed by atoms with Gasteiger partial charge < -0.3 is 28.2 Å². The minimum absolute atomic E-state index is 0. The van der Waals surface area contributed by atoms with Crippen LogP contribution in [0.25, 0.3) is 0 Å². The van der Waals surface area contributed by atoms with Crippen molar-refractivity contribution in [3.8, 4) is 0 Å². The number of hydrogen-bond acceptors (Lipinski definition) is 4. The van der Waals surface area contributed by atoms with Gasteiger partial charge in [-0.15, -0.1) is 0 Å². The number of halogens is 1. The van der Waals surface area contributed by atoms with E-state index in [1.54, 1.807) is 6.92 Å². The number of carbonyl (C=O) groups is 2. The van der Waals surface area contributed by atoms with Gasteiger partial charge in [-0.2, -0.15) is 0 Å². The lowest BCUT2D eigenvalue weighted by atomic mass is 10.5. The number of nitrogens with one attached hydrogen (secondary N) is 1. The second-order valence-electron chi connectivity index (χ2n) is 1.79. The van der Waals surface area contributed by atoms with E-state index in [1.807, 2.05) is 0 Å². The number of hydrogen-bond donors (Lipinski definition) is 2. The Balaban J connectivity index is 0. The largest absolute Gasteiger partial charge is 1.00 e. The average Bonchev–Trinajstić information content (AvgIpc) is 2.01. The first-order chi connectivity index (χ1) is 5.20. The fraction of sp³-hybridized carbons (Fsp3) is 0.667. The summed E-state index contributed by atoms with van der Waals surface area (Å²) in [5, 5.41) is 2.28. The third-order valence-electron chi connectivity index (χ3n) is 0.921. The molecule has 12 heavy (non-hydrogen) atoms. The molecule has 0 fully saturated rings. The van der Waals surface area contributed by atoms with E-state index in [-0.39, 0.29) is 31.4 Å². The van der Waals surface area contributed by atoms with Gasteiger partial charge in [0.05, 0.1) is 13.2 Å². The van der Waals surface area contributed by atoms with Crippen molar-refractivity contribution in [2.45, 2.75) is 6.92 Å². The van der Waals surface area contributed by atoms with E-state index in [9.17, 15) is 9.59 Å². The smallest absolute Gasteiger partial charge is 0.325 e. The molecule has 0 aliphatic heterocycles. The third kappa shape index (κ3) is 7.30. The molecule has 5 nitrogen and oxygen atoms in total. The summed E-state index contributed by atoms with van der Waals surface area (Å²) in [5.41, 5.74) is 4.97. The monoisotopic (exact) mass is 195 g/mol. The molecule has 1 amide bonds. The minimum atomic E-state index is -0.450. The molecule has 0 aromatic rings. The standard InChI is InChI=1S/C6H12N2O3.ClH/c1-2-11-6(10)4-8-5(9)3-7;/h2-4,7H2,1H3,(H,8,9);1H/p-1. The maximum absolute atomic E-state index is 10.6. The molecule has 3 N–H and O–H groups in total. The molecule has 0 saturated heterocycles. The molecule has 6 heteroatoms. The van der Waals surface area contributed by atoms with E-state index in [0.717, 1.165) is 0 Å². The number of amides is 1. The van der Waals surface area contributed by atoms with Gasteiger partial charge in [0.2, 0.25) is 5.91 Å². The van der Waals surface area contributed by atoms with Gasteiger partial charge in [-0.25, -0.2) is 0 Å². The lowest BCUT2D eigenvalue weighted by molar-refractivity contribution is -0.143. The number of rotatable bonds is 4. The topological polar surface area (TPSA) is 81.4 Å². The fourth-order valence-corrected chi connectivity index (χ4v) is 0.455. The summed E-state index contributed by atoms with van der Waals surface area (Å²) in [6.07, 6.45) is 0. The molecule has 0 aliphatic rings. The Hall–Kier alpha value is -0.810. The molecule has 0 aromatic carbocycles. The first kappa shape index (κ1) is 13.8. The van der Waals surface area contributed by atoms with Crippen molar-refractivity contribution in [3.63, 3.8) is 0 Å². The highest BCUT2D eigenvalue weighted by Crippen LogP contribution is 1.74. The summed E-state index contributed by atoms with van der Waals surface area (Å²) in [4.78, 5) is 21.1. The number of carbonyl (C=O) groups excluding carboxylic acids is 2. The quantitative estimate of drug-likeness (QED) is 0.444. The normalized spacial score (nSPS) is 8.17. The van der Waals surface area contributed by atoms with Crippen LogP contribution < -0.4 is 23.5 Å². The van der Waals surface area contributed by atoms with Gasteiger partial charge in [-0.05, 0) is 6.92 Å². The summed E-state index contributed by atoms with van der Waals surface area (Å²) < 4.78 is 4.54. The average molecular weight is 196 g/mol. The van der Waals surface area contributed by atoms with Crippen molar-refractivity contribution in [2.24, 2.45) is 5.73 Å². The molecule has 0 aromatic heterocycles. The van der Waals surface area contributed by atoms with Gasteiger partial charge >= 0.3 is 5.97 Å². The molecule has 0 aliphatic carbocycles. The van der Waals surface area contributed by atoms with Gasteiger partial charge in [0, 0.05) is 0 Å². The van der Waals surface area contributed by atoms with Crippen molar-refractivity contribution in [3.05, 3.63) is 0 Å². The minimum Gasteiger partial charge on any atom is -1.00 e. The van der Waals surface area contributed by atoms with E-state index < -0.39 is 5.97 Å². The van der Waals surface area contributed by atoms with Gasteiger partial charge in [-0.1, -0.05) is 0 Å². The van der Waals surface area contributed by atoms with Crippen LogP contribution in [-0.2, 0) is 14.3 Å². The van der Waals surface area contributed by atoms with Crippen LogP contribution in [0.1, 0.15) is 6.92 Å². The predicted molar refractivity (Wildman–Crippen MR) is 38.7 cm³/mol. The molecular weight excluding hydrogens is 184 g/mol. The molecule has 0 heterocycles. The van der Waals surface area contributed by atoms with E-state index in [0.29, 0.717) is 6.61 Å². The lowest BCUT2D eigenvalue weighted by Gasteiger charge is -2.02. The van der Waals surface area contributed by atoms with Crippen LogP contribution in [0.3, 0.4) is 0 Å². The summed E-state index contributed by atoms with van der Waals surface area (Å²) in [6.45, 7) is 1.79. The van der Waals surface area contributed by atoms with Crippen molar-refractivity contribution >= 4 is 11.9 Å². The van der Waals surface area contributed by atoms with Crippen molar-refractivity contribution in [1.29, 1.82) is 0 Å². The van der Waals surface area contributed by atoms with Gasteiger partial charge in [0.25, 0.3) is 0 Å². The highest BCUT2D eigenvalue weighted by molar-refractivity contribution is 5.82. The van der Waals surface area contributed by atoms with E-state index in [1.165, 1.54) is 0 Å². The van der Waals surface area contributed by atoms with E-state index >= 15 is 0 Å². The Morgan fingerprint density at radius 2 is 2.08 bits per heavy atom. The summed E-state index contributed by atoms with van der Waals surface area (Å²) in [5.74, 6) is -0.813. The molecule has 0 radical (unpaired) electrons.